The third-order valence-corrected chi connectivity index (χ3v) is 3.11. The lowest BCUT2D eigenvalue weighted by atomic mass is 10.0. The van der Waals surface area contributed by atoms with Gasteiger partial charge in [-0.15, -0.1) is 0 Å². The number of piperidine rings is 1. The van der Waals surface area contributed by atoms with Crippen molar-refractivity contribution in [1.82, 2.24) is 14.9 Å². The first-order valence-corrected chi connectivity index (χ1v) is 5.44. The van der Waals surface area contributed by atoms with Gasteiger partial charge in [-0.1, -0.05) is 0 Å². The second kappa shape index (κ2) is 4.57. The zero-order chi connectivity index (χ0) is 10.7. The predicted octanol–water partition coefficient (Wildman–Crippen LogP) is 1.01. The van der Waals surface area contributed by atoms with Gasteiger partial charge in [0, 0.05) is 19.1 Å². The van der Waals surface area contributed by atoms with Crippen LogP contribution in [-0.2, 0) is 0 Å². The number of aromatic nitrogens is 2. The molecule has 1 aromatic rings. The van der Waals surface area contributed by atoms with Crippen LogP contribution in [0.3, 0.4) is 0 Å². The molecule has 1 saturated heterocycles. The van der Waals surface area contributed by atoms with E-state index in [-0.39, 0.29) is 0 Å². The smallest absolute Gasteiger partial charge is 0.115 e. The third-order valence-electron chi connectivity index (χ3n) is 3.11. The molecule has 0 atom stereocenters. The molecule has 15 heavy (non-hydrogen) atoms. The maximum Gasteiger partial charge on any atom is 0.115 e. The van der Waals surface area contributed by atoms with E-state index in [0.717, 1.165) is 24.8 Å². The van der Waals surface area contributed by atoms with Crippen LogP contribution in [-0.4, -0.2) is 48.1 Å². The molecule has 2 rings (SSSR count). The van der Waals surface area contributed by atoms with Crippen LogP contribution in [0.5, 0.6) is 0 Å². The summed E-state index contributed by atoms with van der Waals surface area (Å²) in [6.07, 6.45) is 7.81. The predicted molar refractivity (Wildman–Crippen MR) is 61.0 cm³/mol. The second-order valence-corrected chi connectivity index (χ2v) is 4.28. The lowest BCUT2D eigenvalue weighted by Crippen LogP contribution is -2.42. The number of rotatable bonds is 2. The monoisotopic (exact) mass is 206 g/mol. The van der Waals surface area contributed by atoms with Gasteiger partial charge in [-0.3, -0.25) is 0 Å². The van der Waals surface area contributed by atoms with E-state index in [0.29, 0.717) is 0 Å². The van der Waals surface area contributed by atoms with E-state index in [1.165, 1.54) is 12.8 Å². The number of anilines is 1. The molecule has 0 aromatic carbocycles. The van der Waals surface area contributed by atoms with E-state index in [1.807, 2.05) is 12.4 Å². The fourth-order valence-electron chi connectivity index (χ4n) is 2.09. The molecule has 1 aliphatic rings. The van der Waals surface area contributed by atoms with E-state index in [2.05, 4.69) is 33.9 Å². The molecule has 0 saturated carbocycles. The Morgan fingerprint density at radius 1 is 1.20 bits per heavy atom. The van der Waals surface area contributed by atoms with Gasteiger partial charge in [0.1, 0.15) is 6.33 Å². The summed E-state index contributed by atoms with van der Waals surface area (Å²) in [6.45, 7) is 2.21. The van der Waals surface area contributed by atoms with Crippen molar-refractivity contribution in [3.63, 3.8) is 0 Å². The Labute approximate surface area is 90.9 Å². The Morgan fingerprint density at radius 2 is 1.80 bits per heavy atom. The zero-order valence-electron chi connectivity index (χ0n) is 9.43. The lowest BCUT2D eigenvalue weighted by Gasteiger charge is -2.36. The minimum atomic E-state index is 0.728. The highest BCUT2D eigenvalue weighted by Gasteiger charge is 2.20. The van der Waals surface area contributed by atoms with Crippen molar-refractivity contribution in [1.29, 1.82) is 0 Å². The Bertz CT molecular complexity index is 291. The molecule has 0 unspecified atom stereocenters. The molecular weight excluding hydrogens is 188 g/mol. The van der Waals surface area contributed by atoms with Crippen molar-refractivity contribution in [3.05, 3.63) is 18.7 Å². The van der Waals surface area contributed by atoms with Gasteiger partial charge in [-0.05, 0) is 26.9 Å². The van der Waals surface area contributed by atoms with Crippen molar-refractivity contribution in [3.8, 4) is 0 Å². The maximum absolute atomic E-state index is 4.05. The van der Waals surface area contributed by atoms with Gasteiger partial charge in [0.25, 0.3) is 0 Å². The summed E-state index contributed by atoms with van der Waals surface area (Å²) < 4.78 is 0. The largest absolute Gasteiger partial charge is 0.369 e. The first-order valence-electron chi connectivity index (χ1n) is 5.44. The molecule has 4 heteroatoms. The molecule has 0 aliphatic carbocycles. The molecule has 2 heterocycles. The molecule has 0 radical (unpaired) electrons. The van der Waals surface area contributed by atoms with Gasteiger partial charge >= 0.3 is 0 Å². The van der Waals surface area contributed by atoms with Gasteiger partial charge in [-0.2, -0.15) is 0 Å². The fraction of sp³-hybridized carbons (Fsp3) is 0.636. The summed E-state index contributed by atoms with van der Waals surface area (Å²) in [7, 11) is 4.32. The van der Waals surface area contributed by atoms with Gasteiger partial charge < -0.3 is 9.80 Å². The standard InChI is InChI=1S/C11H18N4/c1-14(2)10-3-5-15(6-4-10)11-7-12-9-13-8-11/h7-10H,3-6H2,1-2H3. The van der Waals surface area contributed by atoms with Crippen molar-refractivity contribution in [2.45, 2.75) is 18.9 Å². The molecule has 0 bridgehead atoms. The van der Waals surface area contributed by atoms with Gasteiger partial charge in [0.15, 0.2) is 0 Å². The van der Waals surface area contributed by atoms with Crippen molar-refractivity contribution >= 4 is 5.69 Å². The maximum atomic E-state index is 4.05. The van der Waals surface area contributed by atoms with Crippen LogP contribution in [0.2, 0.25) is 0 Å². The first kappa shape index (κ1) is 10.4. The summed E-state index contributed by atoms with van der Waals surface area (Å²) in [4.78, 5) is 12.8. The summed E-state index contributed by atoms with van der Waals surface area (Å²) in [6, 6.07) is 0.728. The van der Waals surface area contributed by atoms with Crippen LogP contribution in [0.4, 0.5) is 5.69 Å². The van der Waals surface area contributed by atoms with Crippen molar-refractivity contribution in [2.24, 2.45) is 0 Å². The summed E-state index contributed by atoms with van der Waals surface area (Å²) in [5.41, 5.74) is 1.15. The summed E-state index contributed by atoms with van der Waals surface area (Å²) in [5, 5.41) is 0. The van der Waals surface area contributed by atoms with Crippen LogP contribution in [0.15, 0.2) is 18.7 Å². The van der Waals surface area contributed by atoms with Gasteiger partial charge in [0.2, 0.25) is 0 Å². The Morgan fingerprint density at radius 3 is 2.33 bits per heavy atom. The average Bonchev–Trinajstić information content (AvgIpc) is 2.30. The topological polar surface area (TPSA) is 32.3 Å². The summed E-state index contributed by atoms with van der Waals surface area (Å²) >= 11 is 0. The van der Waals surface area contributed by atoms with E-state index >= 15 is 0 Å². The van der Waals surface area contributed by atoms with E-state index in [1.54, 1.807) is 6.33 Å². The molecule has 1 aliphatic heterocycles. The molecule has 4 nitrogen and oxygen atoms in total. The molecule has 0 N–H and O–H groups in total. The molecule has 0 spiro atoms. The van der Waals surface area contributed by atoms with Crippen LogP contribution in [0.25, 0.3) is 0 Å². The quantitative estimate of drug-likeness (QED) is 0.723. The highest BCUT2D eigenvalue weighted by Crippen LogP contribution is 2.19. The Hall–Kier alpha value is -1.16. The van der Waals surface area contributed by atoms with Crippen LogP contribution < -0.4 is 4.90 Å². The second-order valence-electron chi connectivity index (χ2n) is 4.28. The van der Waals surface area contributed by atoms with Crippen LogP contribution >= 0.6 is 0 Å². The minimum Gasteiger partial charge on any atom is -0.369 e. The molecule has 0 amide bonds. The highest BCUT2D eigenvalue weighted by molar-refractivity contribution is 5.41. The third kappa shape index (κ3) is 2.45. The molecule has 1 aromatic heterocycles. The molecular formula is C11H18N4. The van der Waals surface area contributed by atoms with Crippen molar-refractivity contribution in [2.75, 3.05) is 32.1 Å². The SMILES string of the molecule is CN(C)C1CCN(c2cncnc2)CC1. The number of nitrogens with zero attached hydrogens (tertiary/aromatic N) is 4. The van der Waals surface area contributed by atoms with E-state index in [4.69, 9.17) is 0 Å². The lowest BCUT2D eigenvalue weighted by molar-refractivity contribution is 0.249. The molecule has 1 fully saturated rings. The minimum absolute atomic E-state index is 0.728. The Kier molecular flexibility index (Phi) is 3.16. The van der Waals surface area contributed by atoms with Gasteiger partial charge in [-0.25, -0.2) is 9.97 Å². The van der Waals surface area contributed by atoms with Crippen LogP contribution in [0, 0.1) is 0 Å². The van der Waals surface area contributed by atoms with Crippen molar-refractivity contribution < 1.29 is 0 Å². The number of hydrogen-bond donors (Lipinski definition) is 0. The van der Waals surface area contributed by atoms with E-state index < -0.39 is 0 Å². The van der Waals surface area contributed by atoms with E-state index in [9.17, 15) is 0 Å². The molecule has 82 valence electrons. The number of hydrogen-bond acceptors (Lipinski definition) is 4. The Balaban J connectivity index is 1.94. The van der Waals surface area contributed by atoms with Gasteiger partial charge in [0.05, 0.1) is 18.1 Å². The zero-order valence-corrected chi connectivity index (χ0v) is 9.43. The van der Waals surface area contributed by atoms with Crippen LogP contribution in [0.1, 0.15) is 12.8 Å². The average molecular weight is 206 g/mol. The highest BCUT2D eigenvalue weighted by atomic mass is 15.2. The first-order chi connectivity index (χ1) is 7.27. The normalized spacial score (nSPS) is 18.5. The summed E-state index contributed by atoms with van der Waals surface area (Å²) in [5.74, 6) is 0. The fourth-order valence-corrected chi connectivity index (χ4v) is 2.09.